The molecule has 2 atom stereocenters. The highest BCUT2D eigenvalue weighted by Gasteiger charge is 2.28. The molecule has 5 heteroatoms. The minimum Gasteiger partial charge on any atom is -0.481 e. The summed E-state index contributed by atoms with van der Waals surface area (Å²) in [5.74, 6) is -0.395. The summed E-state index contributed by atoms with van der Waals surface area (Å²) in [6, 6.07) is 2.33. The van der Waals surface area contributed by atoms with E-state index in [4.69, 9.17) is 5.11 Å². The largest absolute Gasteiger partial charge is 0.481 e. The summed E-state index contributed by atoms with van der Waals surface area (Å²) < 4.78 is 1.88. The first-order valence-corrected chi connectivity index (χ1v) is 6.01. The van der Waals surface area contributed by atoms with Gasteiger partial charge in [0.05, 0.1) is 5.69 Å². The van der Waals surface area contributed by atoms with Crippen LogP contribution in [0.1, 0.15) is 31.5 Å². The highest BCUT2D eigenvalue weighted by atomic mass is 16.4. The number of hydrogen-bond donors (Lipinski definition) is 1. The summed E-state index contributed by atoms with van der Waals surface area (Å²) in [5.41, 5.74) is 1.18. The van der Waals surface area contributed by atoms with E-state index in [9.17, 15) is 4.79 Å². The molecule has 1 aromatic heterocycles. The highest BCUT2D eigenvalue weighted by molar-refractivity contribution is 5.67. The Balaban J connectivity index is 1.96. The van der Waals surface area contributed by atoms with Crippen LogP contribution < -0.4 is 0 Å². The zero-order valence-corrected chi connectivity index (χ0v) is 10.3. The Morgan fingerprint density at radius 3 is 3.06 bits per heavy atom. The van der Waals surface area contributed by atoms with E-state index in [-0.39, 0.29) is 6.42 Å². The Labute approximate surface area is 101 Å². The third-order valence-electron chi connectivity index (χ3n) is 3.62. The SMILES string of the molecule is CC(c1ccnn1C)N1CCC(CC(=O)O)C1. The summed E-state index contributed by atoms with van der Waals surface area (Å²) in [6.45, 7) is 4.00. The van der Waals surface area contributed by atoms with Gasteiger partial charge in [-0.3, -0.25) is 14.4 Å². The van der Waals surface area contributed by atoms with E-state index in [2.05, 4.69) is 16.9 Å². The number of carboxylic acid groups (broad SMARTS) is 1. The van der Waals surface area contributed by atoms with Gasteiger partial charge in [0.15, 0.2) is 0 Å². The summed E-state index contributed by atoms with van der Waals surface area (Å²) in [6.07, 6.45) is 3.07. The van der Waals surface area contributed by atoms with Crippen molar-refractivity contribution in [2.45, 2.75) is 25.8 Å². The number of aliphatic carboxylic acids is 1. The van der Waals surface area contributed by atoms with Gasteiger partial charge in [-0.2, -0.15) is 5.10 Å². The van der Waals surface area contributed by atoms with Crippen LogP contribution in [0.25, 0.3) is 0 Å². The van der Waals surface area contributed by atoms with E-state index < -0.39 is 5.97 Å². The van der Waals surface area contributed by atoms with Gasteiger partial charge in [0.1, 0.15) is 0 Å². The molecule has 94 valence electrons. The molecule has 1 aromatic rings. The lowest BCUT2D eigenvalue weighted by molar-refractivity contribution is -0.138. The Morgan fingerprint density at radius 1 is 1.71 bits per heavy atom. The van der Waals surface area contributed by atoms with Crippen molar-refractivity contribution in [1.82, 2.24) is 14.7 Å². The molecule has 0 aliphatic carbocycles. The van der Waals surface area contributed by atoms with Crippen LogP contribution >= 0.6 is 0 Å². The van der Waals surface area contributed by atoms with Crippen LogP contribution in [-0.2, 0) is 11.8 Å². The third kappa shape index (κ3) is 2.66. The van der Waals surface area contributed by atoms with Gasteiger partial charge in [0, 0.05) is 32.3 Å². The van der Waals surface area contributed by atoms with Gasteiger partial charge in [-0.1, -0.05) is 0 Å². The topological polar surface area (TPSA) is 58.4 Å². The van der Waals surface area contributed by atoms with E-state index >= 15 is 0 Å². The second-order valence-corrected chi connectivity index (χ2v) is 4.80. The maximum absolute atomic E-state index is 10.7. The van der Waals surface area contributed by atoms with Crippen molar-refractivity contribution in [2.24, 2.45) is 13.0 Å². The number of likely N-dealkylation sites (tertiary alicyclic amines) is 1. The predicted molar refractivity (Wildman–Crippen MR) is 63.6 cm³/mol. The molecule has 0 amide bonds. The number of carbonyl (C=O) groups is 1. The second kappa shape index (κ2) is 4.87. The van der Waals surface area contributed by atoms with Gasteiger partial charge in [0.2, 0.25) is 0 Å². The maximum Gasteiger partial charge on any atom is 0.303 e. The molecular weight excluding hydrogens is 218 g/mol. The second-order valence-electron chi connectivity index (χ2n) is 4.80. The van der Waals surface area contributed by atoms with Crippen LogP contribution in [0.5, 0.6) is 0 Å². The Kier molecular flexibility index (Phi) is 3.47. The molecule has 2 unspecified atom stereocenters. The smallest absolute Gasteiger partial charge is 0.303 e. The van der Waals surface area contributed by atoms with Crippen molar-refractivity contribution < 1.29 is 9.90 Å². The Bertz CT molecular complexity index is 402. The molecule has 17 heavy (non-hydrogen) atoms. The number of carboxylic acids is 1. The molecule has 1 aliphatic rings. The molecule has 1 fully saturated rings. The van der Waals surface area contributed by atoms with Crippen molar-refractivity contribution in [2.75, 3.05) is 13.1 Å². The van der Waals surface area contributed by atoms with Gasteiger partial charge in [-0.05, 0) is 31.9 Å². The van der Waals surface area contributed by atoms with Crippen LogP contribution in [0.3, 0.4) is 0 Å². The third-order valence-corrected chi connectivity index (χ3v) is 3.62. The quantitative estimate of drug-likeness (QED) is 0.857. The highest BCUT2D eigenvalue weighted by Crippen LogP contribution is 2.28. The molecule has 0 spiro atoms. The number of aryl methyl sites for hydroxylation is 1. The standard InChI is InChI=1S/C12H19N3O2/c1-9(11-3-5-13-14(11)2)15-6-4-10(8-15)7-12(16)17/h3,5,9-10H,4,6-8H2,1-2H3,(H,16,17). The predicted octanol–water partition coefficient (Wildman–Crippen LogP) is 1.28. The van der Waals surface area contributed by atoms with Gasteiger partial charge >= 0.3 is 5.97 Å². The molecule has 2 rings (SSSR count). The fourth-order valence-electron chi connectivity index (χ4n) is 2.61. The molecule has 0 saturated carbocycles. The summed E-state index contributed by atoms with van der Waals surface area (Å²) >= 11 is 0. The van der Waals surface area contributed by atoms with Crippen molar-refractivity contribution in [3.63, 3.8) is 0 Å². The van der Waals surface area contributed by atoms with Crippen LogP contribution in [0.15, 0.2) is 12.3 Å². The van der Waals surface area contributed by atoms with E-state index in [1.807, 2.05) is 17.8 Å². The molecule has 0 aromatic carbocycles. The molecular formula is C12H19N3O2. The normalized spacial score (nSPS) is 22.8. The molecule has 1 N–H and O–H groups in total. The zero-order chi connectivity index (χ0) is 12.4. The molecule has 1 aliphatic heterocycles. The van der Waals surface area contributed by atoms with Gasteiger partial charge in [0.25, 0.3) is 0 Å². The lowest BCUT2D eigenvalue weighted by atomic mass is 10.1. The number of aromatic nitrogens is 2. The zero-order valence-electron chi connectivity index (χ0n) is 10.3. The molecule has 0 bridgehead atoms. The average molecular weight is 237 g/mol. The minimum absolute atomic E-state index is 0.286. The molecule has 0 radical (unpaired) electrons. The first-order chi connectivity index (χ1) is 8.08. The fraction of sp³-hybridized carbons (Fsp3) is 0.667. The first kappa shape index (κ1) is 12.1. The molecule has 2 heterocycles. The summed E-state index contributed by atoms with van der Waals surface area (Å²) in [5, 5.41) is 13.0. The van der Waals surface area contributed by atoms with Crippen molar-refractivity contribution in [1.29, 1.82) is 0 Å². The summed E-state index contributed by atoms with van der Waals surface area (Å²) in [4.78, 5) is 13.0. The van der Waals surface area contributed by atoms with Crippen LogP contribution in [0.2, 0.25) is 0 Å². The van der Waals surface area contributed by atoms with Gasteiger partial charge < -0.3 is 5.11 Å². The summed E-state index contributed by atoms with van der Waals surface area (Å²) in [7, 11) is 1.94. The number of rotatable bonds is 4. The Hall–Kier alpha value is -1.36. The van der Waals surface area contributed by atoms with Crippen molar-refractivity contribution in [3.05, 3.63) is 18.0 Å². The number of nitrogens with zero attached hydrogens (tertiary/aromatic N) is 3. The van der Waals surface area contributed by atoms with E-state index in [1.165, 1.54) is 5.69 Å². The Morgan fingerprint density at radius 2 is 2.47 bits per heavy atom. The molecule has 5 nitrogen and oxygen atoms in total. The number of hydrogen-bond acceptors (Lipinski definition) is 3. The average Bonchev–Trinajstić information content (AvgIpc) is 2.85. The lowest BCUT2D eigenvalue weighted by Crippen LogP contribution is -2.26. The van der Waals surface area contributed by atoms with Crippen molar-refractivity contribution >= 4 is 5.97 Å². The first-order valence-electron chi connectivity index (χ1n) is 6.01. The van der Waals surface area contributed by atoms with E-state index in [0.29, 0.717) is 12.0 Å². The van der Waals surface area contributed by atoms with Crippen LogP contribution in [-0.4, -0.2) is 38.8 Å². The van der Waals surface area contributed by atoms with Crippen LogP contribution in [0, 0.1) is 5.92 Å². The van der Waals surface area contributed by atoms with Gasteiger partial charge in [-0.25, -0.2) is 0 Å². The maximum atomic E-state index is 10.7. The minimum atomic E-state index is -0.690. The van der Waals surface area contributed by atoms with Gasteiger partial charge in [-0.15, -0.1) is 0 Å². The fourth-order valence-corrected chi connectivity index (χ4v) is 2.61. The van der Waals surface area contributed by atoms with E-state index in [0.717, 1.165) is 19.5 Å². The monoisotopic (exact) mass is 237 g/mol. The van der Waals surface area contributed by atoms with Crippen molar-refractivity contribution in [3.8, 4) is 0 Å². The molecule has 1 saturated heterocycles. The lowest BCUT2D eigenvalue weighted by Gasteiger charge is -2.24. The van der Waals surface area contributed by atoms with E-state index in [1.54, 1.807) is 6.20 Å². The van der Waals surface area contributed by atoms with Crippen LogP contribution in [0.4, 0.5) is 0 Å².